The Morgan fingerprint density at radius 3 is 2.18 bits per heavy atom. The van der Waals surface area contributed by atoms with Crippen LogP contribution in [0.4, 0.5) is 13.2 Å². The van der Waals surface area contributed by atoms with E-state index in [0.29, 0.717) is 0 Å². The van der Waals surface area contributed by atoms with Gasteiger partial charge in [0.2, 0.25) is 0 Å². The number of hydrogen-bond acceptors (Lipinski definition) is 3. The van der Waals surface area contributed by atoms with Crippen molar-refractivity contribution in [2.75, 3.05) is 0 Å². The summed E-state index contributed by atoms with van der Waals surface area (Å²) >= 11 is 0. The summed E-state index contributed by atoms with van der Waals surface area (Å²) in [5.74, 6) is -2.23. The van der Waals surface area contributed by atoms with Gasteiger partial charge in [0.05, 0.1) is 5.70 Å². The maximum Gasteiger partial charge on any atom is 0.455 e. The van der Waals surface area contributed by atoms with Crippen LogP contribution in [0.15, 0.2) is 35.9 Å². The topological polar surface area (TPSA) is 66.9 Å². The molecule has 0 spiro atoms. The number of hydrogen-bond donors (Lipinski definition) is 1. The van der Waals surface area contributed by atoms with Gasteiger partial charge in [-0.2, -0.15) is 18.4 Å². The van der Waals surface area contributed by atoms with Crippen LogP contribution in [0.3, 0.4) is 0 Å². The predicted molar refractivity (Wildman–Crippen MR) is 54.2 cm³/mol. The van der Waals surface area contributed by atoms with Gasteiger partial charge in [0.15, 0.2) is 0 Å². The molecule has 0 heterocycles. The molecule has 17 heavy (non-hydrogen) atoms. The third-order valence-electron chi connectivity index (χ3n) is 1.95. The molecule has 0 saturated carbocycles. The zero-order chi connectivity index (χ0) is 13.1. The molecule has 2 N–H and O–H groups in total. The molecule has 3 nitrogen and oxygen atoms in total. The molecule has 1 aromatic rings. The first-order valence-electron chi connectivity index (χ1n) is 4.44. The highest BCUT2D eigenvalue weighted by atomic mass is 19.4. The summed E-state index contributed by atoms with van der Waals surface area (Å²) in [7, 11) is 0. The fourth-order valence-electron chi connectivity index (χ4n) is 1.14. The third kappa shape index (κ3) is 2.84. The number of allylic oxidation sites excluding steroid dienone is 1. The minimum absolute atomic E-state index is 0.196. The van der Waals surface area contributed by atoms with Crippen LogP contribution in [0.1, 0.15) is 5.56 Å². The van der Waals surface area contributed by atoms with Gasteiger partial charge in [-0.1, -0.05) is 30.3 Å². The van der Waals surface area contributed by atoms with Crippen LogP contribution in [0.5, 0.6) is 0 Å². The number of nitrogens with two attached hydrogens (primary N) is 1. The van der Waals surface area contributed by atoms with Gasteiger partial charge in [0, 0.05) is 0 Å². The van der Waals surface area contributed by atoms with Crippen LogP contribution in [-0.4, -0.2) is 12.0 Å². The first-order chi connectivity index (χ1) is 7.88. The van der Waals surface area contributed by atoms with Crippen molar-refractivity contribution in [2.24, 2.45) is 5.73 Å². The van der Waals surface area contributed by atoms with E-state index in [9.17, 15) is 18.0 Å². The zero-order valence-corrected chi connectivity index (χ0v) is 8.45. The molecule has 0 fully saturated rings. The molecule has 0 bridgehead atoms. The van der Waals surface area contributed by atoms with E-state index >= 15 is 0 Å². The van der Waals surface area contributed by atoms with Crippen molar-refractivity contribution in [2.45, 2.75) is 6.18 Å². The summed E-state index contributed by atoms with van der Waals surface area (Å²) < 4.78 is 36.5. The number of Topliss-reactive ketones (excluding diaryl/α,β-unsaturated/α-hetero) is 1. The highest BCUT2D eigenvalue weighted by Crippen LogP contribution is 2.23. The van der Waals surface area contributed by atoms with E-state index in [2.05, 4.69) is 0 Å². The van der Waals surface area contributed by atoms with E-state index in [1.165, 1.54) is 30.3 Å². The van der Waals surface area contributed by atoms with Crippen LogP contribution in [0.25, 0.3) is 5.70 Å². The molecule has 1 aromatic carbocycles. The van der Waals surface area contributed by atoms with E-state index in [-0.39, 0.29) is 5.56 Å². The van der Waals surface area contributed by atoms with E-state index < -0.39 is 23.2 Å². The second-order valence-corrected chi connectivity index (χ2v) is 3.09. The van der Waals surface area contributed by atoms with Gasteiger partial charge in [-0.3, -0.25) is 4.79 Å². The Kier molecular flexibility index (Phi) is 3.53. The molecule has 0 aromatic heterocycles. The molecule has 0 aliphatic rings. The molecule has 0 radical (unpaired) electrons. The largest absolute Gasteiger partial charge is 0.455 e. The number of carbonyl (C=O) groups excluding carboxylic acids is 1. The second kappa shape index (κ2) is 4.70. The number of benzene rings is 1. The van der Waals surface area contributed by atoms with Gasteiger partial charge >= 0.3 is 6.18 Å². The quantitative estimate of drug-likeness (QED) is 0.635. The SMILES string of the molecule is N#C/C(C(=O)C(F)(F)F)=C(/N)c1ccccc1. The number of carbonyl (C=O) groups is 1. The molecule has 0 saturated heterocycles. The van der Waals surface area contributed by atoms with E-state index in [1.807, 2.05) is 0 Å². The summed E-state index contributed by atoms with van der Waals surface area (Å²) in [6, 6.07) is 8.73. The molecule has 88 valence electrons. The normalized spacial score (nSPS) is 12.6. The van der Waals surface area contributed by atoms with Crippen LogP contribution < -0.4 is 5.73 Å². The van der Waals surface area contributed by atoms with Gasteiger partial charge in [-0.25, -0.2) is 0 Å². The van der Waals surface area contributed by atoms with Gasteiger partial charge < -0.3 is 5.73 Å². The second-order valence-electron chi connectivity index (χ2n) is 3.09. The maximum absolute atomic E-state index is 12.2. The minimum Gasteiger partial charge on any atom is -0.397 e. The fourth-order valence-corrected chi connectivity index (χ4v) is 1.14. The monoisotopic (exact) mass is 240 g/mol. The summed E-state index contributed by atoms with van der Waals surface area (Å²) in [6.45, 7) is 0. The summed E-state index contributed by atoms with van der Waals surface area (Å²) in [5.41, 5.74) is 4.01. The van der Waals surface area contributed by atoms with Gasteiger partial charge in [-0.05, 0) is 5.56 Å². The number of nitrogens with zero attached hydrogens (tertiary/aromatic N) is 1. The van der Waals surface area contributed by atoms with Crippen molar-refractivity contribution in [1.82, 2.24) is 0 Å². The van der Waals surface area contributed by atoms with Crippen molar-refractivity contribution in [3.05, 3.63) is 41.5 Å². The lowest BCUT2D eigenvalue weighted by Gasteiger charge is -2.07. The van der Waals surface area contributed by atoms with E-state index in [0.717, 1.165) is 0 Å². The standard InChI is InChI=1S/C11H7F3N2O/c12-11(13,14)10(17)8(6-15)9(16)7-4-2-1-3-5-7/h1-5H,16H2/b9-8-. The van der Waals surface area contributed by atoms with Crippen LogP contribution in [-0.2, 0) is 4.79 Å². The molecule has 6 heteroatoms. The Morgan fingerprint density at radius 1 is 1.24 bits per heavy atom. The number of nitriles is 1. The summed E-state index contributed by atoms with van der Waals surface area (Å²) in [6.07, 6.45) is -5.11. The molecule has 1 rings (SSSR count). The molecular weight excluding hydrogens is 233 g/mol. The number of ketones is 1. The summed E-state index contributed by atoms with van der Waals surface area (Å²) in [4.78, 5) is 10.9. The first kappa shape index (κ1) is 12.8. The predicted octanol–water partition coefficient (Wildman–Crippen LogP) is 2.01. The fraction of sp³-hybridized carbons (Fsp3) is 0.0909. The van der Waals surface area contributed by atoms with E-state index in [4.69, 9.17) is 11.0 Å². The van der Waals surface area contributed by atoms with Crippen molar-refractivity contribution in [1.29, 1.82) is 5.26 Å². The number of rotatable bonds is 2. The molecule has 0 atom stereocenters. The van der Waals surface area contributed by atoms with Gasteiger partial charge in [0.25, 0.3) is 5.78 Å². The Bertz CT molecular complexity index is 498. The third-order valence-corrected chi connectivity index (χ3v) is 1.95. The smallest absolute Gasteiger partial charge is 0.397 e. The lowest BCUT2D eigenvalue weighted by molar-refractivity contribution is -0.166. The average molecular weight is 240 g/mol. The Hall–Kier alpha value is -2.29. The van der Waals surface area contributed by atoms with Gasteiger partial charge in [0.1, 0.15) is 11.6 Å². The van der Waals surface area contributed by atoms with Gasteiger partial charge in [-0.15, -0.1) is 0 Å². The molecule has 0 unspecified atom stereocenters. The number of halogens is 3. The summed E-state index contributed by atoms with van der Waals surface area (Å²) in [5, 5.41) is 8.58. The Balaban J connectivity index is 3.28. The zero-order valence-electron chi connectivity index (χ0n) is 8.45. The lowest BCUT2D eigenvalue weighted by Crippen LogP contribution is -2.26. The number of alkyl halides is 3. The maximum atomic E-state index is 12.2. The van der Waals surface area contributed by atoms with Crippen molar-refractivity contribution in [3.8, 4) is 6.07 Å². The van der Waals surface area contributed by atoms with Crippen LogP contribution in [0, 0.1) is 11.3 Å². The molecule has 0 aliphatic heterocycles. The molecule has 0 amide bonds. The van der Waals surface area contributed by atoms with Crippen LogP contribution >= 0.6 is 0 Å². The average Bonchev–Trinajstić information content (AvgIpc) is 2.29. The highest BCUT2D eigenvalue weighted by Gasteiger charge is 2.42. The Morgan fingerprint density at radius 2 is 1.76 bits per heavy atom. The van der Waals surface area contributed by atoms with Crippen LogP contribution in [0.2, 0.25) is 0 Å². The molecule has 0 aliphatic carbocycles. The van der Waals surface area contributed by atoms with E-state index in [1.54, 1.807) is 6.07 Å². The minimum atomic E-state index is -5.11. The van der Waals surface area contributed by atoms with Crippen molar-refractivity contribution >= 4 is 11.5 Å². The van der Waals surface area contributed by atoms with Crippen molar-refractivity contribution < 1.29 is 18.0 Å². The lowest BCUT2D eigenvalue weighted by atomic mass is 10.0. The first-order valence-corrected chi connectivity index (χ1v) is 4.44. The Labute approximate surface area is 95.0 Å². The highest BCUT2D eigenvalue weighted by molar-refractivity contribution is 6.08. The van der Waals surface area contributed by atoms with Crippen molar-refractivity contribution in [3.63, 3.8) is 0 Å². The molecular formula is C11H7F3N2O.